The van der Waals surface area contributed by atoms with Gasteiger partial charge in [-0.2, -0.15) is 0 Å². The van der Waals surface area contributed by atoms with Gasteiger partial charge >= 0.3 is 0 Å². The Morgan fingerprint density at radius 2 is 1.46 bits per heavy atom. The third-order valence-corrected chi connectivity index (χ3v) is 6.49. The van der Waals surface area contributed by atoms with Gasteiger partial charge in [-0.05, 0) is 43.0 Å². The molecule has 0 spiro atoms. The topological polar surface area (TPSA) is 66.5 Å². The number of carbonyl (C=O) groups is 1. The van der Waals surface area contributed by atoms with Crippen molar-refractivity contribution < 1.29 is 13.2 Å². The zero-order chi connectivity index (χ0) is 20.9. The van der Waals surface area contributed by atoms with E-state index in [9.17, 15) is 13.2 Å². The number of nitrogens with zero attached hydrogens (tertiary/aromatic N) is 1. The van der Waals surface area contributed by atoms with Crippen molar-refractivity contribution in [3.05, 3.63) is 60.2 Å². The lowest BCUT2D eigenvalue weighted by atomic mass is 9.93. The normalized spacial score (nSPS) is 11.9. The molecule has 0 fully saturated rings. The van der Waals surface area contributed by atoms with E-state index in [4.69, 9.17) is 0 Å². The zero-order valence-electron chi connectivity index (χ0n) is 17.2. The van der Waals surface area contributed by atoms with Gasteiger partial charge in [-0.1, -0.05) is 63.6 Å². The van der Waals surface area contributed by atoms with Crippen LogP contribution in [-0.4, -0.2) is 26.9 Å². The third kappa shape index (κ3) is 5.35. The number of anilines is 1. The molecule has 0 saturated heterocycles. The maximum absolute atomic E-state index is 13.3. The summed E-state index contributed by atoms with van der Waals surface area (Å²) in [4.78, 5) is 12.9. The Bertz CT molecular complexity index is 868. The minimum atomic E-state index is -3.87. The van der Waals surface area contributed by atoms with Gasteiger partial charge in [-0.15, -0.1) is 0 Å². The summed E-state index contributed by atoms with van der Waals surface area (Å²) < 4.78 is 27.7. The van der Waals surface area contributed by atoms with Gasteiger partial charge < -0.3 is 5.32 Å². The third-order valence-electron chi connectivity index (χ3n) is 4.70. The summed E-state index contributed by atoms with van der Waals surface area (Å²) in [6, 6.07) is 15.3. The van der Waals surface area contributed by atoms with Crippen molar-refractivity contribution >= 4 is 21.6 Å². The Labute approximate surface area is 168 Å². The van der Waals surface area contributed by atoms with E-state index in [0.29, 0.717) is 5.69 Å². The number of rotatable bonds is 8. The fraction of sp³-hybridized carbons (Fsp3) is 0.409. The van der Waals surface area contributed by atoms with E-state index < -0.39 is 10.0 Å². The van der Waals surface area contributed by atoms with Crippen LogP contribution in [0.1, 0.15) is 33.3 Å². The van der Waals surface area contributed by atoms with E-state index in [0.717, 1.165) is 5.56 Å². The van der Waals surface area contributed by atoms with E-state index in [1.807, 2.05) is 46.8 Å². The molecule has 1 N–H and O–H groups in total. The smallest absolute Gasteiger partial charge is 0.264 e. The van der Waals surface area contributed by atoms with Gasteiger partial charge in [0.2, 0.25) is 5.91 Å². The highest BCUT2D eigenvalue weighted by Crippen LogP contribution is 2.24. The quantitative estimate of drug-likeness (QED) is 0.726. The summed E-state index contributed by atoms with van der Waals surface area (Å²) in [5.41, 5.74) is 1.49. The minimum Gasteiger partial charge on any atom is -0.351 e. The van der Waals surface area contributed by atoms with Gasteiger partial charge in [0.1, 0.15) is 6.54 Å². The highest BCUT2D eigenvalue weighted by molar-refractivity contribution is 7.92. The van der Waals surface area contributed by atoms with Crippen LogP contribution in [0.15, 0.2) is 59.5 Å². The summed E-state index contributed by atoms with van der Waals surface area (Å²) in [5.74, 6) is 0.192. The van der Waals surface area contributed by atoms with E-state index >= 15 is 0 Å². The molecule has 0 aliphatic heterocycles. The maximum Gasteiger partial charge on any atom is 0.264 e. The van der Waals surface area contributed by atoms with Crippen LogP contribution in [0.5, 0.6) is 0 Å². The first-order chi connectivity index (χ1) is 13.1. The van der Waals surface area contributed by atoms with Crippen molar-refractivity contribution in [1.82, 2.24) is 5.32 Å². The van der Waals surface area contributed by atoms with E-state index in [1.54, 1.807) is 42.5 Å². The van der Waals surface area contributed by atoms with Gasteiger partial charge in [0.25, 0.3) is 10.0 Å². The first-order valence-corrected chi connectivity index (χ1v) is 11.0. The summed E-state index contributed by atoms with van der Waals surface area (Å²) >= 11 is 0. The zero-order valence-corrected chi connectivity index (χ0v) is 18.0. The number of hydrogen-bond acceptors (Lipinski definition) is 3. The molecule has 0 bridgehead atoms. The maximum atomic E-state index is 13.3. The molecule has 0 saturated carbocycles. The molecule has 1 amide bonds. The molecule has 2 rings (SSSR count). The lowest BCUT2D eigenvalue weighted by Crippen LogP contribution is -2.47. The van der Waals surface area contributed by atoms with Crippen LogP contribution in [-0.2, 0) is 14.8 Å². The Morgan fingerprint density at radius 3 is 1.96 bits per heavy atom. The Balaban J connectivity index is 2.37. The predicted octanol–water partition coefficient (Wildman–Crippen LogP) is 3.99. The second-order valence-corrected chi connectivity index (χ2v) is 9.60. The van der Waals surface area contributed by atoms with Crippen molar-refractivity contribution in [3.8, 4) is 0 Å². The van der Waals surface area contributed by atoms with Gasteiger partial charge in [0.15, 0.2) is 0 Å². The molecule has 5 nitrogen and oxygen atoms in total. The van der Waals surface area contributed by atoms with Crippen LogP contribution >= 0.6 is 0 Å². The molecule has 0 aliphatic carbocycles. The minimum absolute atomic E-state index is 0.0215. The predicted molar refractivity (Wildman–Crippen MR) is 114 cm³/mol. The number of aryl methyl sites for hydroxylation is 1. The van der Waals surface area contributed by atoms with Crippen molar-refractivity contribution in [2.45, 2.75) is 45.6 Å². The number of carbonyl (C=O) groups excluding carboxylic acids is 1. The van der Waals surface area contributed by atoms with Crippen LogP contribution in [0.4, 0.5) is 5.69 Å². The molecule has 0 radical (unpaired) electrons. The van der Waals surface area contributed by atoms with Gasteiger partial charge in [0.05, 0.1) is 10.6 Å². The van der Waals surface area contributed by atoms with Crippen LogP contribution in [0.3, 0.4) is 0 Å². The van der Waals surface area contributed by atoms with Crippen LogP contribution < -0.4 is 9.62 Å². The fourth-order valence-electron chi connectivity index (χ4n) is 3.21. The van der Waals surface area contributed by atoms with Gasteiger partial charge in [-0.3, -0.25) is 9.10 Å². The average Bonchev–Trinajstić information content (AvgIpc) is 2.65. The molecule has 2 aromatic rings. The highest BCUT2D eigenvalue weighted by atomic mass is 32.2. The fourth-order valence-corrected chi connectivity index (χ4v) is 4.65. The van der Waals surface area contributed by atoms with E-state index in [2.05, 4.69) is 5.32 Å². The molecule has 0 aromatic heterocycles. The summed E-state index contributed by atoms with van der Waals surface area (Å²) in [6.45, 7) is 9.85. The summed E-state index contributed by atoms with van der Waals surface area (Å²) in [6.07, 6.45) is 0. The number of sulfonamides is 1. The van der Waals surface area contributed by atoms with Crippen molar-refractivity contribution in [2.24, 2.45) is 11.8 Å². The summed E-state index contributed by atoms with van der Waals surface area (Å²) in [7, 11) is -3.87. The number of amides is 1. The molecule has 28 heavy (non-hydrogen) atoms. The van der Waals surface area contributed by atoms with E-state index in [-0.39, 0.29) is 35.2 Å². The number of hydrogen-bond donors (Lipinski definition) is 1. The molecule has 0 unspecified atom stereocenters. The summed E-state index contributed by atoms with van der Waals surface area (Å²) in [5, 5.41) is 3.01. The molecule has 152 valence electrons. The SMILES string of the molecule is Cc1ccc(N(CC(=O)NC(C(C)C)C(C)C)S(=O)(=O)c2ccccc2)cc1. The Morgan fingerprint density at radius 1 is 0.929 bits per heavy atom. The molecule has 2 aromatic carbocycles. The molecule has 0 atom stereocenters. The van der Waals surface area contributed by atoms with Crippen LogP contribution in [0, 0.1) is 18.8 Å². The largest absolute Gasteiger partial charge is 0.351 e. The van der Waals surface area contributed by atoms with Crippen LogP contribution in [0.25, 0.3) is 0 Å². The Hall–Kier alpha value is -2.34. The van der Waals surface area contributed by atoms with Crippen molar-refractivity contribution in [3.63, 3.8) is 0 Å². The lowest BCUT2D eigenvalue weighted by molar-refractivity contribution is -0.121. The van der Waals surface area contributed by atoms with Crippen molar-refractivity contribution in [2.75, 3.05) is 10.8 Å². The first kappa shape index (κ1) is 22.0. The van der Waals surface area contributed by atoms with Crippen LogP contribution in [0.2, 0.25) is 0 Å². The molecular formula is C22H30N2O3S. The highest BCUT2D eigenvalue weighted by Gasteiger charge is 2.28. The second-order valence-electron chi connectivity index (χ2n) is 7.74. The standard InChI is InChI=1S/C22H30N2O3S/c1-16(2)22(17(3)4)23-21(25)15-24(19-13-11-18(5)12-14-19)28(26,27)20-9-7-6-8-10-20/h6-14,16-17,22H,15H2,1-5H3,(H,23,25). The monoisotopic (exact) mass is 402 g/mol. The molecular weight excluding hydrogens is 372 g/mol. The second kappa shape index (κ2) is 9.24. The average molecular weight is 403 g/mol. The molecule has 0 heterocycles. The Kier molecular flexibility index (Phi) is 7.24. The number of benzene rings is 2. The van der Waals surface area contributed by atoms with E-state index in [1.165, 1.54) is 4.31 Å². The van der Waals surface area contributed by atoms with Gasteiger partial charge in [-0.25, -0.2) is 8.42 Å². The number of nitrogens with one attached hydrogen (secondary N) is 1. The molecule has 6 heteroatoms. The van der Waals surface area contributed by atoms with Gasteiger partial charge in [0, 0.05) is 6.04 Å². The molecule has 0 aliphatic rings. The first-order valence-electron chi connectivity index (χ1n) is 9.56. The van der Waals surface area contributed by atoms with Crippen molar-refractivity contribution in [1.29, 1.82) is 0 Å². The lowest BCUT2D eigenvalue weighted by Gasteiger charge is -2.29.